The van der Waals surface area contributed by atoms with E-state index in [-0.39, 0.29) is 22.9 Å². The third-order valence-electron chi connectivity index (χ3n) is 5.95. The Bertz CT molecular complexity index is 1100. The number of piperidine rings is 1. The Balaban J connectivity index is 1.36. The molecule has 9 heteroatoms. The Labute approximate surface area is 182 Å². The van der Waals surface area contributed by atoms with Gasteiger partial charge in [0.2, 0.25) is 10.0 Å². The van der Waals surface area contributed by atoms with Gasteiger partial charge in [-0.05, 0) is 68.4 Å². The van der Waals surface area contributed by atoms with Crippen LogP contribution in [-0.4, -0.2) is 48.0 Å². The standard InChI is InChI=1S/C22H28N4O4S/c27-21-16-18-6-2-3-7-20(18)24-26(21)15-12-23-22(28)17-8-10-19(11-9-17)31(29,30)25-13-4-1-5-14-25/h8-11,16H,1-7,12-15H2,(H,23,28). The number of amides is 1. The number of aryl methyl sites for hydroxylation is 2. The second-order valence-electron chi connectivity index (χ2n) is 8.13. The van der Waals surface area contributed by atoms with Crippen LogP contribution >= 0.6 is 0 Å². The highest BCUT2D eigenvalue weighted by molar-refractivity contribution is 7.89. The Morgan fingerprint density at radius 2 is 1.71 bits per heavy atom. The van der Waals surface area contributed by atoms with Gasteiger partial charge in [-0.2, -0.15) is 9.40 Å². The Morgan fingerprint density at radius 1 is 1.00 bits per heavy atom. The number of rotatable bonds is 6. The van der Waals surface area contributed by atoms with Crippen molar-refractivity contribution < 1.29 is 13.2 Å². The lowest BCUT2D eigenvalue weighted by atomic mass is 9.97. The molecule has 1 fully saturated rings. The minimum Gasteiger partial charge on any atom is -0.350 e. The third kappa shape index (κ3) is 4.88. The monoisotopic (exact) mass is 444 g/mol. The molecule has 1 amide bonds. The molecule has 1 aromatic heterocycles. The molecule has 1 aromatic carbocycles. The van der Waals surface area contributed by atoms with Crippen molar-refractivity contribution in [3.05, 3.63) is 57.5 Å². The molecule has 2 aliphatic rings. The molecule has 1 aliphatic carbocycles. The van der Waals surface area contributed by atoms with E-state index in [1.54, 1.807) is 6.07 Å². The van der Waals surface area contributed by atoms with Gasteiger partial charge in [-0.3, -0.25) is 9.59 Å². The molecule has 166 valence electrons. The highest BCUT2D eigenvalue weighted by Gasteiger charge is 2.26. The average Bonchev–Trinajstić information content (AvgIpc) is 2.80. The summed E-state index contributed by atoms with van der Waals surface area (Å²) in [4.78, 5) is 24.9. The Hall–Kier alpha value is -2.52. The zero-order valence-electron chi connectivity index (χ0n) is 17.5. The first-order chi connectivity index (χ1) is 14.9. The molecular weight excluding hydrogens is 416 g/mol. The predicted molar refractivity (Wildman–Crippen MR) is 117 cm³/mol. The van der Waals surface area contributed by atoms with E-state index in [1.807, 2.05) is 0 Å². The molecule has 8 nitrogen and oxygen atoms in total. The van der Waals surface area contributed by atoms with Crippen LogP contribution in [0.5, 0.6) is 0 Å². The van der Waals surface area contributed by atoms with Gasteiger partial charge in [-0.25, -0.2) is 13.1 Å². The first-order valence-corrected chi connectivity index (χ1v) is 12.4. The van der Waals surface area contributed by atoms with E-state index in [0.717, 1.165) is 56.2 Å². The Kier molecular flexibility index (Phi) is 6.52. The van der Waals surface area contributed by atoms with Crippen LogP contribution in [0.3, 0.4) is 0 Å². The maximum absolute atomic E-state index is 12.7. The van der Waals surface area contributed by atoms with Crippen LogP contribution in [0, 0.1) is 0 Å². The van der Waals surface area contributed by atoms with Crippen LogP contribution in [0.1, 0.15) is 53.7 Å². The number of carbonyl (C=O) groups is 1. The quantitative estimate of drug-likeness (QED) is 0.731. The molecule has 0 spiro atoms. The summed E-state index contributed by atoms with van der Waals surface area (Å²) in [6, 6.07) is 7.67. The average molecular weight is 445 g/mol. The summed E-state index contributed by atoms with van der Waals surface area (Å²) in [5.41, 5.74) is 2.24. The number of nitrogens with zero attached hydrogens (tertiary/aromatic N) is 3. The number of sulfonamides is 1. The maximum atomic E-state index is 12.7. The number of benzene rings is 1. The highest BCUT2D eigenvalue weighted by Crippen LogP contribution is 2.21. The van der Waals surface area contributed by atoms with Crippen molar-refractivity contribution in [3.63, 3.8) is 0 Å². The lowest BCUT2D eigenvalue weighted by Crippen LogP contribution is -2.35. The lowest BCUT2D eigenvalue weighted by Gasteiger charge is -2.25. The van der Waals surface area contributed by atoms with Gasteiger partial charge >= 0.3 is 0 Å². The van der Waals surface area contributed by atoms with Gasteiger partial charge in [-0.1, -0.05) is 6.42 Å². The van der Waals surface area contributed by atoms with E-state index < -0.39 is 10.0 Å². The largest absolute Gasteiger partial charge is 0.350 e. The molecule has 0 bridgehead atoms. The number of hydrogen-bond donors (Lipinski definition) is 1. The number of carbonyl (C=O) groups excluding carboxylic acids is 1. The molecule has 31 heavy (non-hydrogen) atoms. The summed E-state index contributed by atoms with van der Waals surface area (Å²) in [7, 11) is -3.51. The van der Waals surface area contributed by atoms with Crippen molar-refractivity contribution in [2.75, 3.05) is 19.6 Å². The molecule has 0 saturated carbocycles. The summed E-state index contributed by atoms with van der Waals surface area (Å²) in [6.07, 6.45) is 6.76. The summed E-state index contributed by atoms with van der Waals surface area (Å²) in [6.45, 7) is 1.64. The van der Waals surface area contributed by atoms with Crippen LogP contribution < -0.4 is 10.9 Å². The van der Waals surface area contributed by atoms with Crippen molar-refractivity contribution in [3.8, 4) is 0 Å². The molecule has 2 aromatic rings. The third-order valence-corrected chi connectivity index (χ3v) is 7.87. The van der Waals surface area contributed by atoms with Crippen molar-refractivity contribution in [2.45, 2.75) is 56.4 Å². The van der Waals surface area contributed by atoms with Crippen LogP contribution in [0.15, 0.2) is 40.0 Å². The second-order valence-corrected chi connectivity index (χ2v) is 10.1. The first-order valence-electron chi connectivity index (χ1n) is 10.9. The van der Waals surface area contributed by atoms with Crippen molar-refractivity contribution >= 4 is 15.9 Å². The zero-order valence-corrected chi connectivity index (χ0v) is 18.4. The maximum Gasteiger partial charge on any atom is 0.267 e. The van der Waals surface area contributed by atoms with Gasteiger partial charge in [-0.15, -0.1) is 0 Å². The fourth-order valence-corrected chi connectivity index (χ4v) is 5.69. The normalized spacial score (nSPS) is 17.2. The van der Waals surface area contributed by atoms with Gasteiger partial charge in [0, 0.05) is 31.3 Å². The van der Waals surface area contributed by atoms with Gasteiger partial charge in [0.05, 0.1) is 17.1 Å². The smallest absolute Gasteiger partial charge is 0.267 e. The molecular formula is C22H28N4O4S. The van der Waals surface area contributed by atoms with E-state index in [9.17, 15) is 18.0 Å². The van der Waals surface area contributed by atoms with Gasteiger partial charge in [0.15, 0.2) is 0 Å². The van der Waals surface area contributed by atoms with E-state index in [2.05, 4.69) is 10.4 Å². The van der Waals surface area contributed by atoms with E-state index >= 15 is 0 Å². The number of nitrogens with one attached hydrogen (secondary N) is 1. The van der Waals surface area contributed by atoms with Crippen molar-refractivity contribution in [1.82, 2.24) is 19.4 Å². The van der Waals surface area contributed by atoms with Crippen LogP contribution in [0.2, 0.25) is 0 Å². The fraction of sp³-hybridized carbons (Fsp3) is 0.500. The van der Waals surface area contributed by atoms with E-state index in [0.29, 0.717) is 25.2 Å². The number of fused-ring (bicyclic) bond motifs is 1. The fourth-order valence-electron chi connectivity index (χ4n) is 4.17. The molecule has 0 atom stereocenters. The van der Waals surface area contributed by atoms with Crippen LogP contribution in [0.4, 0.5) is 0 Å². The molecule has 1 aliphatic heterocycles. The van der Waals surface area contributed by atoms with Gasteiger partial charge in [0.1, 0.15) is 0 Å². The van der Waals surface area contributed by atoms with Crippen molar-refractivity contribution in [1.29, 1.82) is 0 Å². The first kappa shape index (κ1) is 21.7. The van der Waals surface area contributed by atoms with Gasteiger partial charge < -0.3 is 5.32 Å². The predicted octanol–water partition coefficient (Wildman–Crippen LogP) is 1.73. The molecule has 0 unspecified atom stereocenters. The molecule has 1 N–H and O–H groups in total. The summed E-state index contributed by atoms with van der Waals surface area (Å²) >= 11 is 0. The SMILES string of the molecule is O=C(NCCn1nc2c(cc1=O)CCCC2)c1ccc(S(=O)(=O)N2CCCCC2)cc1. The van der Waals surface area contributed by atoms with E-state index in [1.165, 1.54) is 33.3 Å². The summed E-state index contributed by atoms with van der Waals surface area (Å²) in [5.74, 6) is -0.312. The summed E-state index contributed by atoms with van der Waals surface area (Å²) in [5, 5.41) is 7.22. The topological polar surface area (TPSA) is 101 Å². The van der Waals surface area contributed by atoms with E-state index in [4.69, 9.17) is 0 Å². The van der Waals surface area contributed by atoms with Crippen LogP contribution in [0.25, 0.3) is 0 Å². The minimum absolute atomic E-state index is 0.151. The van der Waals surface area contributed by atoms with Crippen LogP contribution in [-0.2, 0) is 29.4 Å². The molecule has 4 rings (SSSR count). The molecule has 1 saturated heterocycles. The molecule has 2 heterocycles. The second kappa shape index (κ2) is 9.32. The Morgan fingerprint density at radius 3 is 2.45 bits per heavy atom. The zero-order chi connectivity index (χ0) is 21.8. The lowest BCUT2D eigenvalue weighted by molar-refractivity contribution is 0.0951. The van der Waals surface area contributed by atoms with Crippen molar-refractivity contribution in [2.24, 2.45) is 0 Å². The minimum atomic E-state index is -3.51. The number of hydrogen-bond acceptors (Lipinski definition) is 5. The van der Waals surface area contributed by atoms with Gasteiger partial charge in [0.25, 0.3) is 11.5 Å². The number of aromatic nitrogens is 2. The molecule has 0 radical (unpaired) electrons. The summed E-state index contributed by atoms with van der Waals surface area (Å²) < 4.78 is 28.3. The highest BCUT2D eigenvalue weighted by atomic mass is 32.2.